The molecule has 4 nitrogen and oxygen atoms in total. The number of nitrogens with zero attached hydrogens (tertiary/aromatic N) is 2. The van der Waals surface area contributed by atoms with Crippen LogP contribution in [-0.4, -0.2) is 10.2 Å². The van der Waals surface area contributed by atoms with Gasteiger partial charge < -0.3 is 9.73 Å². The second-order valence-electron chi connectivity index (χ2n) is 6.06. The van der Waals surface area contributed by atoms with Gasteiger partial charge in [0.05, 0.1) is 0 Å². The van der Waals surface area contributed by atoms with Crippen molar-refractivity contribution in [3.8, 4) is 11.5 Å². The predicted octanol–water partition coefficient (Wildman–Crippen LogP) is 6.38. The monoisotopic (exact) mass is 413 g/mol. The molecule has 0 bridgehead atoms. The zero-order chi connectivity index (χ0) is 19.5. The third kappa shape index (κ3) is 4.01. The minimum Gasteiger partial charge on any atom is -0.418 e. The van der Waals surface area contributed by atoms with E-state index in [4.69, 9.17) is 27.6 Å². The van der Waals surface area contributed by atoms with Gasteiger partial charge in [0, 0.05) is 26.9 Å². The van der Waals surface area contributed by atoms with Crippen molar-refractivity contribution in [2.24, 2.45) is 0 Å². The van der Waals surface area contributed by atoms with Crippen molar-refractivity contribution in [1.29, 1.82) is 0 Å². The fraction of sp³-hybridized carbons (Fsp3) is 0.0476. The molecule has 0 spiro atoms. The summed E-state index contributed by atoms with van der Waals surface area (Å²) in [5.41, 5.74) is 2.19. The second-order valence-corrected chi connectivity index (χ2v) is 6.91. The Morgan fingerprint density at radius 3 is 2.36 bits per heavy atom. The summed E-state index contributed by atoms with van der Waals surface area (Å²) < 4.78 is 19.4. The average molecular weight is 414 g/mol. The molecule has 1 heterocycles. The second kappa shape index (κ2) is 8.00. The molecule has 0 fully saturated rings. The van der Waals surface area contributed by atoms with E-state index in [2.05, 4.69) is 15.5 Å². The molecule has 0 saturated carbocycles. The number of hydrogen-bond donors (Lipinski definition) is 1. The molecular formula is C21H14Cl2FN3O. The first kappa shape index (κ1) is 18.5. The average Bonchev–Trinajstić information content (AvgIpc) is 3.19. The highest BCUT2D eigenvalue weighted by atomic mass is 35.5. The van der Waals surface area contributed by atoms with Crippen molar-refractivity contribution >= 4 is 28.9 Å². The minimum absolute atomic E-state index is 0.255. The van der Waals surface area contributed by atoms with Crippen molar-refractivity contribution in [2.75, 3.05) is 5.32 Å². The molecular weight excluding hydrogens is 400 g/mol. The normalized spacial score (nSPS) is 12.0. The Bertz CT molecular complexity index is 1080. The van der Waals surface area contributed by atoms with Crippen LogP contribution < -0.4 is 5.32 Å². The summed E-state index contributed by atoms with van der Waals surface area (Å²) in [6, 6.07) is 20.2. The summed E-state index contributed by atoms with van der Waals surface area (Å²) in [6.07, 6.45) is 0. The quantitative estimate of drug-likeness (QED) is 0.412. The van der Waals surface area contributed by atoms with Crippen LogP contribution >= 0.6 is 23.2 Å². The van der Waals surface area contributed by atoms with Gasteiger partial charge in [0.15, 0.2) is 0 Å². The minimum atomic E-state index is -0.570. The smallest absolute Gasteiger partial charge is 0.247 e. The van der Waals surface area contributed by atoms with Crippen molar-refractivity contribution in [1.82, 2.24) is 10.2 Å². The summed E-state index contributed by atoms with van der Waals surface area (Å²) in [6.45, 7) is 0. The molecule has 3 aromatic carbocycles. The SMILES string of the molecule is Fc1ccc([C@@H](Nc2ccc(Cl)cc2)c2nnc(-c3ccccc3)o2)c(Cl)c1. The van der Waals surface area contributed by atoms with Crippen molar-refractivity contribution < 1.29 is 8.81 Å². The van der Waals surface area contributed by atoms with Gasteiger partial charge in [0.1, 0.15) is 11.9 Å². The maximum Gasteiger partial charge on any atom is 0.247 e. The molecule has 4 aromatic rings. The van der Waals surface area contributed by atoms with Crippen molar-refractivity contribution in [3.63, 3.8) is 0 Å². The number of anilines is 1. The zero-order valence-corrected chi connectivity index (χ0v) is 16.0. The summed E-state index contributed by atoms with van der Waals surface area (Å²) in [5.74, 6) is 0.272. The number of hydrogen-bond acceptors (Lipinski definition) is 4. The Morgan fingerprint density at radius 2 is 1.64 bits per heavy atom. The molecule has 0 aliphatic carbocycles. The van der Waals surface area contributed by atoms with Crippen LogP contribution in [0.5, 0.6) is 0 Å². The van der Waals surface area contributed by atoms with E-state index in [0.29, 0.717) is 22.4 Å². The predicted molar refractivity (Wildman–Crippen MR) is 108 cm³/mol. The Morgan fingerprint density at radius 1 is 0.893 bits per heavy atom. The number of aromatic nitrogens is 2. The standard InChI is InChI=1S/C21H14Cl2FN3O/c22-14-6-9-16(10-7-14)25-19(17-11-8-15(24)12-18(17)23)21-27-26-20(28-21)13-4-2-1-3-5-13/h1-12,19,25H/t19-/m1/s1. The van der Waals surface area contributed by atoms with E-state index < -0.39 is 11.9 Å². The number of halogens is 3. The molecule has 0 unspecified atom stereocenters. The van der Waals surface area contributed by atoms with Crippen LogP contribution in [0.15, 0.2) is 77.2 Å². The third-order valence-corrected chi connectivity index (χ3v) is 4.72. The fourth-order valence-electron chi connectivity index (χ4n) is 2.77. The van der Waals surface area contributed by atoms with Gasteiger partial charge in [0.25, 0.3) is 0 Å². The summed E-state index contributed by atoms with van der Waals surface area (Å²) >= 11 is 12.3. The summed E-state index contributed by atoms with van der Waals surface area (Å²) in [7, 11) is 0. The molecule has 140 valence electrons. The first-order chi connectivity index (χ1) is 13.6. The maximum absolute atomic E-state index is 13.5. The van der Waals surface area contributed by atoms with Gasteiger partial charge in [0.2, 0.25) is 11.8 Å². The van der Waals surface area contributed by atoms with Crippen LogP contribution in [-0.2, 0) is 0 Å². The Balaban J connectivity index is 1.74. The lowest BCUT2D eigenvalue weighted by Gasteiger charge is -2.18. The highest BCUT2D eigenvalue weighted by Gasteiger charge is 2.24. The highest BCUT2D eigenvalue weighted by Crippen LogP contribution is 2.33. The number of rotatable bonds is 5. The molecule has 28 heavy (non-hydrogen) atoms. The molecule has 7 heteroatoms. The van der Waals surface area contributed by atoms with Crippen LogP contribution in [0, 0.1) is 5.82 Å². The molecule has 1 aromatic heterocycles. The van der Waals surface area contributed by atoms with Crippen LogP contribution in [0.1, 0.15) is 17.5 Å². The van der Waals surface area contributed by atoms with Gasteiger partial charge >= 0.3 is 0 Å². The van der Waals surface area contributed by atoms with E-state index in [1.807, 2.05) is 42.5 Å². The van der Waals surface area contributed by atoms with Gasteiger partial charge in [-0.05, 0) is 48.5 Å². The summed E-state index contributed by atoms with van der Waals surface area (Å²) in [5, 5.41) is 12.5. The van der Waals surface area contributed by atoms with E-state index in [1.165, 1.54) is 12.1 Å². The molecule has 0 aliphatic heterocycles. The van der Waals surface area contributed by atoms with Crippen molar-refractivity contribution in [2.45, 2.75) is 6.04 Å². The van der Waals surface area contributed by atoms with E-state index in [-0.39, 0.29) is 5.02 Å². The van der Waals surface area contributed by atoms with Crippen LogP contribution in [0.25, 0.3) is 11.5 Å². The summed E-state index contributed by atoms with van der Waals surface area (Å²) in [4.78, 5) is 0. The van der Waals surface area contributed by atoms with E-state index in [1.54, 1.807) is 18.2 Å². The molecule has 0 saturated heterocycles. The number of benzene rings is 3. The van der Waals surface area contributed by atoms with Crippen LogP contribution in [0.3, 0.4) is 0 Å². The highest BCUT2D eigenvalue weighted by molar-refractivity contribution is 6.31. The first-order valence-corrected chi connectivity index (χ1v) is 9.21. The van der Waals surface area contributed by atoms with Crippen LogP contribution in [0.4, 0.5) is 10.1 Å². The largest absolute Gasteiger partial charge is 0.418 e. The lowest BCUT2D eigenvalue weighted by molar-refractivity contribution is 0.494. The lowest BCUT2D eigenvalue weighted by Crippen LogP contribution is -2.13. The molecule has 1 atom stereocenters. The Hall–Kier alpha value is -2.89. The topological polar surface area (TPSA) is 51.0 Å². The van der Waals surface area contributed by atoms with E-state index in [9.17, 15) is 4.39 Å². The molecule has 4 rings (SSSR count). The van der Waals surface area contributed by atoms with E-state index >= 15 is 0 Å². The van der Waals surface area contributed by atoms with E-state index in [0.717, 1.165) is 11.3 Å². The van der Waals surface area contributed by atoms with Crippen molar-refractivity contribution in [3.05, 3.63) is 100 Å². The van der Waals surface area contributed by atoms with Crippen LogP contribution in [0.2, 0.25) is 10.0 Å². The Labute approximate surface area is 170 Å². The number of nitrogens with one attached hydrogen (secondary N) is 1. The van der Waals surface area contributed by atoms with Gasteiger partial charge in [-0.1, -0.05) is 47.5 Å². The van der Waals surface area contributed by atoms with Gasteiger partial charge in [-0.15, -0.1) is 10.2 Å². The lowest BCUT2D eigenvalue weighted by atomic mass is 10.1. The first-order valence-electron chi connectivity index (χ1n) is 8.46. The Kier molecular flexibility index (Phi) is 5.28. The fourth-order valence-corrected chi connectivity index (χ4v) is 3.17. The third-order valence-electron chi connectivity index (χ3n) is 4.14. The zero-order valence-electron chi connectivity index (χ0n) is 14.4. The van der Waals surface area contributed by atoms with Gasteiger partial charge in [-0.2, -0.15) is 0 Å². The maximum atomic E-state index is 13.5. The molecule has 0 radical (unpaired) electrons. The molecule has 0 amide bonds. The van der Waals surface area contributed by atoms with Gasteiger partial charge in [-0.3, -0.25) is 0 Å². The molecule has 1 N–H and O–H groups in total. The molecule has 0 aliphatic rings. The van der Waals surface area contributed by atoms with Gasteiger partial charge in [-0.25, -0.2) is 4.39 Å².